The lowest BCUT2D eigenvalue weighted by molar-refractivity contribution is -0.130. The molecule has 0 heterocycles. The van der Waals surface area contributed by atoms with Crippen LogP contribution < -0.4 is 14.8 Å². The molecule has 2 aromatic carbocycles. The topological polar surface area (TPSA) is 105 Å². The Hall–Kier alpha value is -2.56. The van der Waals surface area contributed by atoms with Crippen LogP contribution in [0.1, 0.15) is 12.0 Å². The van der Waals surface area contributed by atoms with Gasteiger partial charge in [-0.15, -0.1) is 0 Å². The van der Waals surface area contributed by atoms with Gasteiger partial charge < -0.3 is 15.0 Å². The molecule has 0 aromatic heterocycles. The molecule has 1 unspecified atom stereocenters. The van der Waals surface area contributed by atoms with Gasteiger partial charge in [-0.1, -0.05) is 17.7 Å². The highest BCUT2D eigenvalue weighted by Crippen LogP contribution is 2.17. The Morgan fingerprint density at radius 2 is 1.69 bits per heavy atom. The van der Waals surface area contributed by atoms with Crippen LogP contribution in [0.2, 0.25) is 0 Å². The van der Waals surface area contributed by atoms with Gasteiger partial charge in [0.05, 0.1) is 4.90 Å². The average molecular weight is 480 g/mol. The maximum absolute atomic E-state index is 12.8. The number of nitrogens with zero attached hydrogens (tertiary/aromatic N) is 1. The Bertz CT molecular complexity index is 1010. The zero-order valence-electron chi connectivity index (χ0n) is 18.6. The summed E-state index contributed by atoms with van der Waals surface area (Å²) in [6.07, 6.45) is 2.23. The minimum atomic E-state index is -3.85. The first-order chi connectivity index (χ1) is 15.1. The van der Waals surface area contributed by atoms with Crippen molar-refractivity contribution in [3.05, 3.63) is 54.1 Å². The summed E-state index contributed by atoms with van der Waals surface area (Å²) in [5.41, 5.74) is 1.43. The van der Waals surface area contributed by atoms with E-state index in [1.807, 2.05) is 13.2 Å². The molecule has 2 amide bonds. The van der Waals surface area contributed by atoms with Gasteiger partial charge in [-0.05, 0) is 61.8 Å². The Labute approximate surface area is 193 Å². The van der Waals surface area contributed by atoms with Gasteiger partial charge in [0.1, 0.15) is 11.8 Å². The number of carbonyl (C=O) groups excluding carboxylic acids is 2. The van der Waals surface area contributed by atoms with Crippen LogP contribution in [-0.4, -0.2) is 63.9 Å². The molecular weight excluding hydrogens is 450 g/mol. The molecule has 2 rings (SSSR count). The highest BCUT2D eigenvalue weighted by Gasteiger charge is 2.25. The zero-order valence-corrected chi connectivity index (χ0v) is 20.3. The number of likely N-dealkylation sites (N-methyl/N-ethyl adjacent to an activating group) is 1. The predicted molar refractivity (Wildman–Crippen MR) is 128 cm³/mol. The van der Waals surface area contributed by atoms with Gasteiger partial charge in [0.15, 0.2) is 6.61 Å². The summed E-state index contributed by atoms with van der Waals surface area (Å²) < 4.78 is 33.4. The summed E-state index contributed by atoms with van der Waals surface area (Å²) >= 11 is 1.53. The van der Waals surface area contributed by atoms with Crippen LogP contribution in [0.25, 0.3) is 0 Å². The van der Waals surface area contributed by atoms with E-state index in [-0.39, 0.29) is 17.4 Å². The number of hydrogen-bond donors (Lipinski definition) is 2. The number of hydrogen-bond acceptors (Lipinski definition) is 6. The van der Waals surface area contributed by atoms with Crippen LogP contribution in [0.15, 0.2) is 53.4 Å². The molecule has 2 aromatic rings. The van der Waals surface area contributed by atoms with Crippen molar-refractivity contribution < 1.29 is 22.7 Å². The molecule has 0 aliphatic rings. The van der Waals surface area contributed by atoms with Crippen molar-refractivity contribution in [1.29, 1.82) is 0 Å². The number of benzene rings is 2. The van der Waals surface area contributed by atoms with Gasteiger partial charge >= 0.3 is 0 Å². The van der Waals surface area contributed by atoms with Crippen molar-refractivity contribution in [2.24, 2.45) is 0 Å². The van der Waals surface area contributed by atoms with Gasteiger partial charge in [0.2, 0.25) is 15.9 Å². The van der Waals surface area contributed by atoms with Crippen LogP contribution in [0, 0.1) is 6.92 Å². The number of amides is 2. The van der Waals surface area contributed by atoms with Gasteiger partial charge in [-0.2, -0.15) is 16.5 Å². The van der Waals surface area contributed by atoms with E-state index in [9.17, 15) is 18.0 Å². The Morgan fingerprint density at radius 3 is 2.25 bits per heavy atom. The van der Waals surface area contributed by atoms with E-state index in [1.54, 1.807) is 50.5 Å². The Kier molecular flexibility index (Phi) is 9.55. The molecule has 0 saturated heterocycles. The number of ether oxygens (including phenoxy) is 1. The molecule has 8 nitrogen and oxygen atoms in total. The van der Waals surface area contributed by atoms with Gasteiger partial charge in [0, 0.05) is 19.8 Å². The smallest absolute Gasteiger partial charge is 0.259 e. The average Bonchev–Trinajstić information content (AvgIpc) is 2.76. The normalized spacial score (nSPS) is 12.1. The van der Waals surface area contributed by atoms with E-state index in [0.29, 0.717) is 23.6 Å². The standard InChI is InChI=1S/C22H29N3O5S2/c1-16-5-11-19(12-6-16)32(28,29)24-20(13-14-31-4)22(27)23-17-7-9-18(10-8-17)30-15-21(26)25(2)3/h5-12,20,24H,13-15H2,1-4H3,(H,23,27). The largest absolute Gasteiger partial charge is 0.484 e. The minimum Gasteiger partial charge on any atom is -0.484 e. The molecule has 0 fully saturated rings. The molecule has 0 saturated carbocycles. The van der Waals surface area contributed by atoms with Gasteiger partial charge in [-0.3, -0.25) is 9.59 Å². The Morgan fingerprint density at radius 1 is 1.06 bits per heavy atom. The molecule has 0 aliphatic heterocycles. The van der Waals surface area contributed by atoms with Crippen molar-refractivity contribution in [3.8, 4) is 5.75 Å². The lowest BCUT2D eigenvalue weighted by Crippen LogP contribution is -2.44. The van der Waals surface area contributed by atoms with E-state index in [0.717, 1.165) is 5.56 Å². The first-order valence-corrected chi connectivity index (χ1v) is 12.8. The molecule has 32 heavy (non-hydrogen) atoms. The molecule has 0 bridgehead atoms. The van der Waals surface area contributed by atoms with Crippen LogP contribution >= 0.6 is 11.8 Å². The summed E-state index contributed by atoms with van der Waals surface area (Å²) in [5.74, 6) is 0.476. The Balaban J connectivity index is 2.05. The number of anilines is 1. The third kappa shape index (κ3) is 7.85. The van der Waals surface area contributed by atoms with Crippen LogP contribution in [0.4, 0.5) is 5.69 Å². The first-order valence-electron chi connectivity index (χ1n) is 9.94. The minimum absolute atomic E-state index is 0.0870. The highest BCUT2D eigenvalue weighted by atomic mass is 32.2. The summed E-state index contributed by atoms with van der Waals surface area (Å²) in [6, 6.07) is 12.0. The summed E-state index contributed by atoms with van der Waals surface area (Å²) in [6.45, 7) is 1.78. The molecule has 0 aliphatic carbocycles. The molecule has 0 radical (unpaired) electrons. The van der Waals surface area contributed by atoms with E-state index >= 15 is 0 Å². The van der Waals surface area contributed by atoms with E-state index in [4.69, 9.17) is 4.74 Å². The predicted octanol–water partition coefficient (Wildman–Crippen LogP) is 2.50. The fraction of sp³-hybridized carbons (Fsp3) is 0.364. The number of thioether (sulfide) groups is 1. The lowest BCUT2D eigenvalue weighted by Gasteiger charge is -2.18. The molecule has 1 atom stereocenters. The van der Waals surface area contributed by atoms with Crippen molar-refractivity contribution >= 4 is 39.3 Å². The zero-order chi connectivity index (χ0) is 23.7. The third-order valence-corrected chi connectivity index (χ3v) is 6.67. The molecule has 174 valence electrons. The third-order valence-electron chi connectivity index (χ3n) is 4.54. The summed E-state index contributed by atoms with van der Waals surface area (Å²) in [7, 11) is -0.562. The summed E-state index contributed by atoms with van der Waals surface area (Å²) in [4.78, 5) is 26.0. The molecular formula is C22H29N3O5S2. The van der Waals surface area contributed by atoms with Crippen LogP contribution in [0.3, 0.4) is 0 Å². The fourth-order valence-corrected chi connectivity index (χ4v) is 4.29. The highest BCUT2D eigenvalue weighted by molar-refractivity contribution is 7.98. The maximum atomic E-state index is 12.8. The van der Waals surface area contributed by atoms with E-state index in [1.165, 1.54) is 28.8 Å². The molecule has 2 N–H and O–H groups in total. The summed E-state index contributed by atoms with van der Waals surface area (Å²) in [5, 5.41) is 2.74. The van der Waals surface area contributed by atoms with Crippen molar-refractivity contribution in [2.45, 2.75) is 24.3 Å². The van der Waals surface area contributed by atoms with Crippen molar-refractivity contribution in [2.75, 3.05) is 38.0 Å². The quantitative estimate of drug-likeness (QED) is 0.513. The number of rotatable bonds is 11. The number of carbonyl (C=O) groups is 2. The van der Waals surface area contributed by atoms with Crippen molar-refractivity contribution in [3.63, 3.8) is 0 Å². The van der Waals surface area contributed by atoms with Crippen LogP contribution in [-0.2, 0) is 19.6 Å². The van der Waals surface area contributed by atoms with E-state index in [2.05, 4.69) is 10.0 Å². The second kappa shape index (κ2) is 11.9. The van der Waals surface area contributed by atoms with Gasteiger partial charge in [0.25, 0.3) is 5.91 Å². The number of aryl methyl sites for hydroxylation is 1. The number of sulfonamides is 1. The first kappa shape index (κ1) is 25.7. The maximum Gasteiger partial charge on any atom is 0.259 e. The van der Waals surface area contributed by atoms with E-state index < -0.39 is 22.0 Å². The van der Waals surface area contributed by atoms with Gasteiger partial charge in [-0.25, -0.2) is 8.42 Å². The van der Waals surface area contributed by atoms with Crippen molar-refractivity contribution in [1.82, 2.24) is 9.62 Å². The van der Waals surface area contributed by atoms with Crippen LogP contribution in [0.5, 0.6) is 5.75 Å². The molecule has 10 heteroatoms. The SMILES string of the molecule is CSCCC(NS(=O)(=O)c1ccc(C)cc1)C(=O)Nc1ccc(OCC(=O)N(C)C)cc1. The molecule has 0 spiro atoms. The fourth-order valence-electron chi connectivity index (χ4n) is 2.59. The second-order valence-electron chi connectivity index (χ2n) is 7.36. The second-order valence-corrected chi connectivity index (χ2v) is 10.1. The number of nitrogens with one attached hydrogen (secondary N) is 2. The lowest BCUT2D eigenvalue weighted by atomic mass is 10.2. The monoisotopic (exact) mass is 479 g/mol.